The van der Waals surface area contributed by atoms with Crippen molar-refractivity contribution in [3.05, 3.63) is 35.9 Å². The SMILES string of the molecule is CSCC(C)N(C)C(=O)OCc1ccccc1. The van der Waals surface area contributed by atoms with Gasteiger partial charge in [-0.1, -0.05) is 30.3 Å². The third kappa shape index (κ3) is 4.69. The fourth-order valence-electron chi connectivity index (χ4n) is 1.35. The Labute approximate surface area is 107 Å². The van der Waals surface area contributed by atoms with Crippen LogP contribution in [-0.4, -0.2) is 36.1 Å². The summed E-state index contributed by atoms with van der Waals surface area (Å²) in [5.41, 5.74) is 1.01. The normalized spacial score (nSPS) is 11.9. The average Bonchev–Trinajstić information content (AvgIpc) is 2.36. The molecule has 94 valence electrons. The van der Waals surface area contributed by atoms with Crippen LogP contribution in [0.15, 0.2) is 30.3 Å². The zero-order valence-corrected chi connectivity index (χ0v) is 11.4. The highest BCUT2D eigenvalue weighted by atomic mass is 32.2. The lowest BCUT2D eigenvalue weighted by molar-refractivity contribution is 0.0965. The van der Waals surface area contributed by atoms with E-state index >= 15 is 0 Å². The fourth-order valence-corrected chi connectivity index (χ4v) is 2.06. The van der Waals surface area contributed by atoms with Crippen molar-refractivity contribution in [3.63, 3.8) is 0 Å². The number of thioether (sulfide) groups is 1. The van der Waals surface area contributed by atoms with E-state index in [1.165, 1.54) is 0 Å². The van der Waals surface area contributed by atoms with Crippen LogP contribution in [0.1, 0.15) is 12.5 Å². The maximum absolute atomic E-state index is 11.7. The number of hydrogen-bond donors (Lipinski definition) is 0. The second-order valence-corrected chi connectivity index (χ2v) is 4.87. The first-order chi connectivity index (χ1) is 8.15. The summed E-state index contributed by atoms with van der Waals surface area (Å²) in [6, 6.07) is 9.88. The predicted molar refractivity (Wildman–Crippen MR) is 72.2 cm³/mol. The number of carbonyl (C=O) groups excluding carboxylic acids is 1. The molecule has 1 aromatic rings. The van der Waals surface area contributed by atoms with Crippen molar-refractivity contribution in [2.75, 3.05) is 19.1 Å². The van der Waals surface area contributed by atoms with E-state index in [0.717, 1.165) is 11.3 Å². The van der Waals surface area contributed by atoms with Crippen LogP contribution >= 0.6 is 11.8 Å². The standard InChI is InChI=1S/C13H19NO2S/c1-11(10-17-3)14(2)13(15)16-9-12-7-5-4-6-8-12/h4-8,11H,9-10H2,1-3H3. The molecule has 1 aromatic carbocycles. The highest BCUT2D eigenvalue weighted by molar-refractivity contribution is 7.98. The smallest absolute Gasteiger partial charge is 0.410 e. The molecular formula is C13H19NO2S. The number of carbonyl (C=O) groups is 1. The Morgan fingerprint density at radius 2 is 2.06 bits per heavy atom. The molecule has 0 aromatic heterocycles. The van der Waals surface area contributed by atoms with Crippen molar-refractivity contribution in [2.24, 2.45) is 0 Å². The zero-order valence-electron chi connectivity index (χ0n) is 10.6. The summed E-state index contributed by atoms with van der Waals surface area (Å²) < 4.78 is 5.24. The first-order valence-corrected chi connectivity index (χ1v) is 6.97. The average molecular weight is 253 g/mol. The molecule has 1 rings (SSSR count). The van der Waals surface area contributed by atoms with Crippen LogP contribution in [0.3, 0.4) is 0 Å². The summed E-state index contributed by atoms with van der Waals surface area (Å²) in [4.78, 5) is 13.4. The first-order valence-electron chi connectivity index (χ1n) is 5.57. The van der Waals surface area contributed by atoms with Gasteiger partial charge in [-0.2, -0.15) is 11.8 Å². The zero-order chi connectivity index (χ0) is 12.7. The monoisotopic (exact) mass is 253 g/mol. The van der Waals surface area contributed by atoms with Crippen molar-refractivity contribution in [3.8, 4) is 0 Å². The minimum Gasteiger partial charge on any atom is -0.445 e. The summed E-state index contributed by atoms with van der Waals surface area (Å²) in [6.45, 7) is 2.34. The molecule has 0 N–H and O–H groups in total. The molecule has 0 radical (unpaired) electrons. The molecule has 0 aliphatic heterocycles. The molecule has 3 nitrogen and oxygen atoms in total. The largest absolute Gasteiger partial charge is 0.445 e. The Hall–Kier alpha value is -1.16. The maximum atomic E-state index is 11.7. The Bertz CT molecular complexity index is 343. The van der Waals surface area contributed by atoms with Gasteiger partial charge in [0.15, 0.2) is 0 Å². The van der Waals surface area contributed by atoms with Crippen molar-refractivity contribution in [1.29, 1.82) is 0 Å². The topological polar surface area (TPSA) is 29.5 Å². The van der Waals surface area contributed by atoms with E-state index in [0.29, 0.717) is 6.61 Å². The number of hydrogen-bond acceptors (Lipinski definition) is 3. The van der Waals surface area contributed by atoms with E-state index in [1.807, 2.05) is 43.5 Å². The van der Waals surface area contributed by atoms with Gasteiger partial charge in [-0.3, -0.25) is 0 Å². The van der Waals surface area contributed by atoms with Gasteiger partial charge in [0.1, 0.15) is 6.61 Å². The molecule has 0 aliphatic rings. The fraction of sp³-hybridized carbons (Fsp3) is 0.462. The van der Waals surface area contributed by atoms with E-state index in [1.54, 1.807) is 23.7 Å². The van der Waals surface area contributed by atoms with Crippen molar-refractivity contribution in [2.45, 2.75) is 19.6 Å². The van der Waals surface area contributed by atoms with Crippen LogP contribution in [0.4, 0.5) is 4.79 Å². The summed E-state index contributed by atoms with van der Waals surface area (Å²) in [5.74, 6) is 0.914. The van der Waals surface area contributed by atoms with Crippen molar-refractivity contribution < 1.29 is 9.53 Å². The lowest BCUT2D eigenvalue weighted by Gasteiger charge is -2.23. The number of ether oxygens (including phenoxy) is 1. The van der Waals surface area contributed by atoms with E-state index in [9.17, 15) is 4.79 Å². The predicted octanol–water partition coefficient (Wildman–Crippen LogP) is 3.01. The molecular weight excluding hydrogens is 234 g/mol. The first kappa shape index (κ1) is 13.9. The molecule has 0 saturated heterocycles. The van der Waals surface area contributed by atoms with Gasteiger partial charge < -0.3 is 9.64 Å². The lowest BCUT2D eigenvalue weighted by Crippen LogP contribution is -2.36. The molecule has 0 spiro atoms. The van der Waals surface area contributed by atoms with E-state index < -0.39 is 0 Å². The van der Waals surface area contributed by atoms with E-state index in [2.05, 4.69) is 0 Å². The van der Waals surface area contributed by atoms with Crippen LogP contribution in [0.2, 0.25) is 0 Å². The van der Waals surface area contributed by atoms with E-state index in [-0.39, 0.29) is 12.1 Å². The van der Waals surface area contributed by atoms with Crippen molar-refractivity contribution in [1.82, 2.24) is 4.90 Å². The molecule has 0 aliphatic carbocycles. The van der Waals surface area contributed by atoms with Gasteiger partial charge in [-0.05, 0) is 18.7 Å². The molecule has 0 fully saturated rings. The van der Waals surface area contributed by atoms with Crippen LogP contribution in [0.25, 0.3) is 0 Å². The van der Waals surface area contributed by atoms with Crippen LogP contribution in [0.5, 0.6) is 0 Å². The van der Waals surface area contributed by atoms with Gasteiger partial charge in [0.25, 0.3) is 0 Å². The highest BCUT2D eigenvalue weighted by Crippen LogP contribution is 2.07. The lowest BCUT2D eigenvalue weighted by atomic mass is 10.2. The second kappa shape index (κ2) is 7.22. The second-order valence-electron chi connectivity index (χ2n) is 3.96. The Balaban J connectivity index is 2.39. The Kier molecular flexibility index (Phi) is 5.91. The molecule has 4 heteroatoms. The van der Waals surface area contributed by atoms with Gasteiger partial charge >= 0.3 is 6.09 Å². The summed E-state index contributed by atoms with van der Waals surface area (Å²) in [5, 5.41) is 0. The molecule has 1 atom stereocenters. The minimum atomic E-state index is -0.268. The molecule has 0 heterocycles. The maximum Gasteiger partial charge on any atom is 0.410 e. The highest BCUT2D eigenvalue weighted by Gasteiger charge is 2.16. The van der Waals surface area contributed by atoms with Crippen LogP contribution in [0, 0.1) is 0 Å². The number of rotatable bonds is 5. The van der Waals surface area contributed by atoms with Gasteiger partial charge in [0.05, 0.1) is 0 Å². The number of amides is 1. The van der Waals surface area contributed by atoms with Gasteiger partial charge in [-0.25, -0.2) is 4.79 Å². The summed E-state index contributed by atoms with van der Waals surface area (Å²) in [6.07, 6.45) is 1.76. The molecule has 0 saturated carbocycles. The molecule has 1 amide bonds. The van der Waals surface area contributed by atoms with Gasteiger partial charge in [0.2, 0.25) is 0 Å². The molecule has 0 bridgehead atoms. The Morgan fingerprint density at radius 1 is 1.41 bits per heavy atom. The van der Waals surface area contributed by atoms with Gasteiger partial charge in [-0.15, -0.1) is 0 Å². The summed E-state index contributed by atoms with van der Waals surface area (Å²) >= 11 is 1.72. The number of benzene rings is 1. The third-order valence-electron chi connectivity index (χ3n) is 2.56. The minimum absolute atomic E-state index is 0.188. The van der Waals surface area contributed by atoms with Crippen LogP contribution < -0.4 is 0 Å². The van der Waals surface area contributed by atoms with Crippen molar-refractivity contribution >= 4 is 17.9 Å². The van der Waals surface area contributed by atoms with Gasteiger partial charge in [0, 0.05) is 18.8 Å². The van der Waals surface area contributed by atoms with E-state index in [4.69, 9.17) is 4.74 Å². The molecule has 17 heavy (non-hydrogen) atoms. The summed E-state index contributed by atoms with van der Waals surface area (Å²) in [7, 11) is 1.77. The third-order valence-corrected chi connectivity index (χ3v) is 3.38. The van der Waals surface area contributed by atoms with Crippen LogP contribution in [-0.2, 0) is 11.3 Å². The Morgan fingerprint density at radius 3 is 2.65 bits per heavy atom. The quantitative estimate of drug-likeness (QED) is 0.808. The number of nitrogens with zero attached hydrogens (tertiary/aromatic N) is 1. The molecule has 1 unspecified atom stereocenters.